The van der Waals surface area contributed by atoms with E-state index in [4.69, 9.17) is 9.47 Å². The van der Waals surface area contributed by atoms with Crippen molar-refractivity contribution in [3.63, 3.8) is 0 Å². The number of guanidine groups is 1. The molecule has 32 heavy (non-hydrogen) atoms. The van der Waals surface area contributed by atoms with Crippen LogP contribution in [0.3, 0.4) is 0 Å². The van der Waals surface area contributed by atoms with Crippen LogP contribution in [0.4, 0.5) is 0 Å². The summed E-state index contributed by atoms with van der Waals surface area (Å²) in [6, 6.07) is 9.70. The highest BCUT2D eigenvalue weighted by Gasteiger charge is 2.18. The molecule has 2 aliphatic rings. The third-order valence-electron chi connectivity index (χ3n) is 6.49. The van der Waals surface area contributed by atoms with Gasteiger partial charge in [-0.3, -0.25) is 9.89 Å². The molecule has 1 aromatic rings. The predicted molar refractivity (Wildman–Crippen MR) is 143 cm³/mol. The summed E-state index contributed by atoms with van der Waals surface area (Å²) in [6.07, 6.45) is 7.28. The van der Waals surface area contributed by atoms with E-state index in [2.05, 4.69) is 51.7 Å². The molecule has 0 bridgehead atoms. The summed E-state index contributed by atoms with van der Waals surface area (Å²) in [7, 11) is 1.82. The first kappa shape index (κ1) is 27.3. The minimum Gasteiger partial charge on any atom is -0.381 e. The Morgan fingerprint density at radius 3 is 2.56 bits per heavy atom. The molecule has 0 saturated carbocycles. The minimum atomic E-state index is 0. The van der Waals surface area contributed by atoms with Gasteiger partial charge in [0.1, 0.15) is 0 Å². The summed E-state index contributed by atoms with van der Waals surface area (Å²) in [5.41, 5.74) is 2.68. The van der Waals surface area contributed by atoms with Gasteiger partial charge in [-0.25, -0.2) is 0 Å². The van der Waals surface area contributed by atoms with E-state index in [-0.39, 0.29) is 24.0 Å². The van der Waals surface area contributed by atoms with Crippen molar-refractivity contribution in [1.82, 2.24) is 15.5 Å². The third-order valence-corrected chi connectivity index (χ3v) is 6.49. The Bertz CT molecular complexity index is 650. The second-order valence-electron chi connectivity index (χ2n) is 8.97. The maximum absolute atomic E-state index is 5.83. The largest absolute Gasteiger partial charge is 0.381 e. The molecule has 3 rings (SSSR count). The quantitative estimate of drug-likeness (QED) is 0.195. The molecular weight excluding hydrogens is 515 g/mol. The van der Waals surface area contributed by atoms with E-state index >= 15 is 0 Å². The molecule has 1 atom stereocenters. The Labute approximate surface area is 211 Å². The second kappa shape index (κ2) is 15.9. The highest BCUT2D eigenvalue weighted by Crippen LogP contribution is 2.19. The highest BCUT2D eigenvalue weighted by atomic mass is 127. The average Bonchev–Trinajstić information content (AvgIpc) is 2.81. The SMILES string of the molecule is CN=C(NCCCOCC1CCOCC1)NCc1ccc(CN2CCCCC2C)cc1.I. The number of hydrogen-bond acceptors (Lipinski definition) is 4. The van der Waals surface area contributed by atoms with Crippen LogP contribution in [0.1, 0.15) is 56.6 Å². The van der Waals surface area contributed by atoms with E-state index < -0.39 is 0 Å². The van der Waals surface area contributed by atoms with Gasteiger partial charge in [0, 0.05) is 59.2 Å². The Morgan fingerprint density at radius 2 is 1.84 bits per heavy atom. The summed E-state index contributed by atoms with van der Waals surface area (Å²) in [6.45, 7) is 9.72. The lowest BCUT2D eigenvalue weighted by molar-refractivity contribution is 0.0203. The van der Waals surface area contributed by atoms with Gasteiger partial charge in [-0.1, -0.05) is 30.7 Å². The molecule has 2 aliphatic heterocycles. The van der Waals surface area contributed by atoms with Crippen LogP contribution in [0.15, 0.2) is 29.3 Å². The number of hydrogen-bond donors (Lipinski definition) is 2. The number of benzene rings is 1. The molecule has 1 aromatic carbocycles. The normalized spacial score (nSPS) is 20.6. The van der Waals surface area contributed by atoms with E-state index in [9.17, 15) is 0 Å². The fourth-order valence-electron chi connectivity index (χ4n) is 4.34. The zero-order valence-corrected chi connectivity index (χ0v) is 22.3. The molecule has 0 radical (unpaired) electrons. The van der Waals surface area contributed by atoms with E-state index in [1.165, 1.54) is 36.9 Å². The lowest BCUT2D eigenvalue weighted by Gasteiger charge is -2.33. The lowest BCUT2D eigenvalue weighted by atomic mass is 10.0. The molecule has 2 heterocycles. The summed E-state index contributed by atoms with van der Waals surface area (Å²) < 4.78 is 11.2. The van der Waals surface area contributed by atoms with Crippen molar-refractivity contribution < 1.29 is 9.47 Å². The van der Waals surface area contributed by atoms with E-state index in [0.29, 0.717) is 12.0 Å². The van der Waals surface area contributed by atoms with Crippen molar-refractivity contribution in [3.05, 3.63) is 35.4 Å². The first-order valence-corrected chi connectivity index (χ1v) is 12.2. The van der Waals surface area contributed by atoms with Gasteiger partial charge in [0.2, 0.25) is 0 Å². The van der Waals surface area contributed by atoms with Crippen LogP contribution >= 0.6 is 24.0 Å². The number of aliphatic imine (C=N–C) groups is 1. The van der Waals surface area contributed by atoms with Gasteiger partial charge < -0.3 is 20.1 Å². The number of piperidine rings is 1. The fraction of sp³-hybridized carbons (Fsp3) is 0.720. The number of nitrogens with zero attached hydrogens (tertiary/aromatic N) is 2. The number of halogens is 1. The van der Waals surface area contributed by atoms with Crippen LogP contribution < -0.4 is 10.6 Å². The van der Waals surface area contributed by atoms with Crippen molar-refractivity contribution in [1.29, 1.82) is 0 Å². The summed E-state index contributed by atoms with van der Waals surface area (Å²) in [4.78, 5) is 6.94. The second-order valence-corrected chi connectivity index (χ2v) is 8.97. The highest BCUT2D eigenvalue weighted by molar-refractivity contribution is 14.0. The number of likely N-dealkylation sites (tertiary alicyclic amines) is 1. The Morgan fingerprint density at radius 1 is 1.09 bits per heavy atom. The third kappa shape index (κ3) is 9.93. The van der Waals surface area contributed by atoms with Crippen molar-refractivity contribution >= 4 is 29.9 Å². The van der Waals surface area contributed by atoms with Crippen molar-refractivity contribution in [3.8, 4) is 0 Å². The van der Waals surface area contributed by atoms with Crippen LogP contribution in [0.25, 0.3) is 0 Å². The van der Waals surface area contributed by atoms with E-state index in [0.717, 1.165) is 71.3 Å². The van der Waals surface area contributed by atoms with Gasteiger partial charge in [0.05, 0.1) is 0 Å². The number of rotatable bonds is 10. The Hall–Kier alpha value is -0.900. The molecule has 0 aliphatic carbocycles. The molecule has 0 aromatic heterocycles. The molecule has 2 fully saturated rings. The minimum absolute atomic E-state index is 0. The van der Waals surface area contributed by atoms with Crippen LogP contribution in [-0.2, 0) is 22.6 Å². The van der Waals surface area contributed by atoms with Crippen molar-refractivity contribution in [2.75, 3.05) is 46.6 Å². The first-order chi connectivity index (χ1) is 15.2. The number of ether oxygens (including phenoxy) is 2. The van der Waals surface area contributed by atoms with Gasteiger partial charge in [-0.2, -0.15) is 0 Å². The smallest absolute Gasteiger partial charge is 0.191 e. The van der Waals surface area contributed by atoms with Gasteiger partial charge in [0.25, 0.3) is 0 Å². The Balaban J connectivity index is 0.00000363. The van der Waals surface area contributed by atoms with Gasteiger partial charge in [-0.15, -0.1) is 24.0 Å². The molecule has 182 valence electrons. The van der Waals surface area contributed by atoms with Crippen LogP contribution in [0.2, 0.25) is 0 Å². The maximum atomic E-state index is 5.83. The topological polar surface area (TPSA) is 58.1 Å². The molecule has 7 heteroatoms. The molecule has 1 unspecified atom stereocenters. The first-order valence-electron chi connectivity index (χ1n) is 12.2. The van der Waals surface area contributed by atoms with Crippen molar-refractivity contribution in [2.45, 2.75) is 64.6 Å². The maximum Gasteiger partial charge on any atom is 0.191 e. The summed E-state index contributed by atoms with van der Waals surface area (Å²) in [5.74, 6) is 1.52. The molecule has 0 amide bonds. The van der Waals surface area contributed by atoms with Crippen LogP contribution in [0, 0.1) is 5.92 Å². The monoisotopic (exact) mass is 558 g/mol. The number of nitrogens with one attached hydrogen (secondary N) is 2. The molecule has 2 saturated heterocycles. The van der Waals surface area contributed by atoms with Gasteiger partial charge in [-0.05, 0) is 62.6 Å². The van der Waals surface area contributed by atoms with Gasteiger partial charge >= 0.3 is 0 Å². The van der Waals surface area contributed by atoms with Crippen LogP contribution in [-0.4, -0.2) is 63.5 Å². The standard InChI is InChI=1S/C25H42N4O2.HI/c1-21-6-3-4-14-29(21)19-23-9-7-22(8-10-23)18-28-25(26-2)27-13-5-15-31-20-24-11-16-30-17-12-24;/h7-10,21,24H,3-6,11-20H2,1-2H3,(H2,26,27,28);1H. The van der Waals surface area contributed by atoms with Crippen LogP contribution in [0.5, 0.6) is 0 Å². The van der Waals surface area contributed by atoms with E-state index in [1.54, 1.807) is 0 Å². The zero-order chi connectivity index (χ0) is 21.7. The zero-order valence-electron chi connectivity index (χ0n) is 20.0. The lowest BCUT2D eigenvalue weighted by Crippen LogP contribution is -2.37. The molecule has 2 N–H and O–H groups in total. The molecular formula is C25H43IN4O2. The Kier molecular flexibility index (Phi) is 13.5. The summed E-state index contributed by atoms with van der Waals surface area (Å²) >= 11 is 0. The molecule has 0 spiro atoms. The average molecular weight is 559 g/mol. The predicted octanol–water partition coefficient (Wildman–Crippen LogP) is 4.18. The molecule has 6 nitrogen and oxygen atoms in total. The van der Waals surface area contributed by atoms with Gasteiger partial charge in [0.15, 0.2) is 5.96 Å². The summed E-state index contributed by atoms with van der Waals surface area (Å²) in [5, 5.41) is 6.79. The van der Waals surface area contributed by atoms with E-state index in [1.807, 2.05) is 7.05 Å². The van der Waals surface area contributed by atoms with Crippen molar-refractivity contribution in [2.24, 2.45) is 10.9 Å². The fourth-order valence-corrected chi connectivity index (χ4v) is 4.34.